The zero-order chi connectivity index (χ0) is 15.4. The molecule has 2 aromatic rings. The van der Waals surface area contributed by atoms with Crippen molar-refractivity contribution >= 4 is 34.5 Å². The fourth-order valence-corrected chi connectivity index (χ4v) is 3.04. The fraction of sp³-hybridized carbons (Fsp3) is 0.214. The number of benzene rings is 1. The monoisotopic (exact) mass is 324 g/mol. The van der Waals surface area contributed by atoms with E-state index in [2.05, 4.69) is 0 Å². The maximum Gasteiger partial charge on any atom is 0.282 e. The average Bonchev–Trinajstić information content (AvgIpc) is 2.89. The van der Waals surface area contributed by atoms with E-state index in [0.717, 1.165) is 4.88 Å². The molecule has 1 aromatic carbocycles. The van der Waals surface area contributed by atoms with Gasteiger partial charge in [-0.2, -0.15) is 0 Å². The molecule has 0 saturated carbocycles. The molecular formula is C14H13ClN2O3S. The Morgan fingerprint density at radius 1 is 1.33 bits per heavy atom. The second-order valence-corrected chi connectivity index (χ2v) is 6.10. The molecule has 0 aliphatic heterocycles. The van der Waals surface area contributed by atoms with E-state index in [1.54, 1.807) is 23.1 Å². The summed E-state index contributed by atoms with van der Waals surface area (Å²) in [5, 5.41) is 11.0. The number of amides is 1. The van der Waals surface area contributed by atoms with Crippen molar-refractivity contribution in [3.05, 3.63) is 61.3 Å². The largest absolute Gasteiger partial charge is 0.334 e. The molecule has 0 spiro atoms. The third-order valence-electron chi connectivity index (χ3n) is 2.98. The molecule has 0 saturated heterocycles. The molecular weight excluding hydrogens is 312 g/mol. The van der Waals surface area contributed by atoms with E-state index in [1.165, 1.54) is 23.5 Å². The molecule has 0 N–H and O–H groups in total. The first-order valence-electron chi connectivity index (χ1n) is 6.29. The number of halogens is 1. The summed E-state index contributed by atoms with van der Waals surface area (Å²) in [5.41, 5.74) is -0.0721. The van der Waals surface area contributed by atoms with Crippen LogP contribution >= 0.6 is 22.9 Å². The SMILES string of the molecule is CCN(Cc1ccc(Cl)s1)C(=O)c1ccccc1[N+](=O)[O-]. The summed E-state index contributed by atoms with van der Waals surface area (Å²) in [6.45, 7) is 2.68. The Balaban J connectivity index is 2.26. The van der Waals surface area contributed by atoms with Gasteiger partial charge in [-0.3, -0.25) is 14.9 Å². The van der Waals surface area contributed by atoms with Crippen LogP contribution in [-0.4, -0.2) is 22.3 Å². The van der Waals surface area contributed by atoms with E-state index in [4.69, 9.17) is 11.6 Å². The number of para-hydroxylation sites is 1. The van der Waals surface area contributed by atoms with Crippen molar-refractivity contribution in [2.45, 2.75) is 13.5 Å². The first-order valence-corrected chi connectivity index (χ1v) is 7.49. The lowest BCUT2D eigenvalue weighted by atomic mass is 10.1. The summed E-state index contributed by atoms with van der Waals surface area (Å²) >= 11 is 7.27. The van der Waals surface area contributed by atoms with E-state index in [1.807, 2.05) is 13.0 Å². The summed E-state index contributed by atoms with van der Waals surface area (Å²) in [6.07, 6.45) is 0. The van der Waals surface area contributed by atoms with Gasteiger partial charge in [-0.1, -0.05) is 23.7 Å². The maximum absolute atomic E-state index is 12.5. The second kappa shape index (κ2) is 6.69. The third kappa shape index (κ3) is 3.59. The smallest absolute Gasteiger partial charge is 0.282 e. The molecule has 1 amide bonds. The zero-order valence-corrected chi connectivity index (χ0v) is 12.9. The third-order valence-corrected chi connectivity index (χ3v) is 4.19. The average molecular weight is 325 g/mol. The molecule has 0 aliphatic carbocycles. The number of nitrogens with zero attached hydrogens (tertiary/aromatic N) is 2. The lowest BCUT2D eigenvalue weighted by Crippen LogP contribution is -2.30. The number of hydrogen-bond acceptors (Lipinski definition) is 4. The molecule has 1 heterocycles. The summed E-state index contributed by atoms with van der Waals surface area (Å²) in [4.78, 5) is 25.5. The molecule has 0 atom stereocenters. The molecule has 0 bridgehead atoms. The van der Waals surface area contributed by atoms with Crippen molar-refractivity contribution in [1.82, 2.24) is 4.90 Å². The van der Waals surface area contributed by atoms with Crippen LogP contribution in [-0.2, 0) is 6.54 Å². The molecule has 110 valence electrons. The van der Waals surface area contributed by atoms with Crippen LogP contribution < -0.4 is 0 Å². The van der Waals surface area contributed by atoms with Gasteiger partial charge in [0.15, 0.2) is 0 Å². The first-order chi connectivity index (χ1) is 10.0. The van der Waals surface area contributed by atoms with Crippen LogP contribution in [0.5, 0.6) is 0 Å². The molecule has 0 fully saturated rings. The van der Waals surface area contributed by atoms with Crippen LogP contribution in [0.4, 0.5) is 5.69 Å². The highest BCUT2D eigenvalue weighted by molar-refractivity contribution is 7.16. The Kier molecular flexibility index (Phi) is 4.93. The van der Waals surface area contributed by atoms with Gasteiger partial charge in [0, 0.05) is 17.5 Å². The highest BCUT2D eigenvalue weighted by Gasteiger charge is 2.23. The Hall–Kier alpha value is -1.92. The van der Waals surface area contributed by atoms with Crippen molar-refractivity contribution in [3.8, 4) is 0 Å². The second-order valence-electron chi connectivity index (χ2n) is 4.30. The predicted molar refractivity (Wildman–Crippen MR) is 82.8 cm³/mol. The van der Waals surface area contributed by atoms with Gasteiger partial charge < -0.3 is 4.90 Å². The molecule has 0 unspecified atom stereocenters. The minimum absolute atomic E-state index is 0.104. The van der Waals surface area contributed by atoms with Crippen LogP contribution in [0.25, 0.3) is 0 Å². The molecule has 0 radical (unpaired) electrons. The number of carbonyl (C=O) groups excluding carboxylic acids is 1. The number of carbonyl (C=O) groups is 1. The van der Waals surface area contributed by atoms with Crippen LogP contribution in [0.15, 0.2) is 36.4 Å². The molecule has 2 rings (SSSR count). The zero-order valence-electron chi connectivity index (χ0n) is 11.3. The fourth-order valence-electron chi connectivity index (χ4n) is 1.94. The van der Waals surface area contributed by atoms with Gasteiger partial charge in [-0.15, -0.1) is 11.3 Å². The number of nitro groups is 1. The Labute approximate surface area is 130 Å². The minimum atomic E-state index is -0.539. The summed E-state index contributed by atoms with van der Waals surface area (Å²) in [7, 11) is 0. The first kappa shape index (κ1) is 15.5. The van der Waals surface area contributed by atoms with Crippen LogP contribution in [0.1, 0.15) is 22.2 Å². The number of rotatable bonds is 5. The van der Waals surface area contributed by atoms with Gasteiger partial charge in [-0.25, -0.2) is 0 Å². The van der Waals surface area contributed by atoms with Crippen molar-refractivity contribution in [1.29, 1.82) is 0 Å². The van der Waals surface area contributed by atoms with E-state index in [9.17, 15) is 14.9 Å². The van der Waals surface area contributed by atoms with Crippen molar-refractivity contribution in [3.63, 3.8) is 0 Å². The molecule has 21 heavy (non-hydrogen) atoms. The number of nitro benzene ring substituents is 1. The Bertz CT molecular complexity index is 672. The van der Waals surface area contributed by atoms with Crippen LogP contribution in [0, 0.1) is 10.1 Å². The topological polar surface area (TPSA) is 63.5 Å². The van der Waals surface area contributed by atoms with Gasteiger partial charge in [0.1, 0.15) is 5.56 Å². The standard InChI is InChI=1S/C14H13ClN2O3S/c1-2-16(9-10-7-8-13(15)21-10)14(18)11-5-3-4-6-12(11)17(19)20/h3-8H,2,9H2,1H3. The Morgan fingerprint density at radius 3 is 2.62 bits per heavy atom. The van der Waals surface area contributed by atoms with E-state index < -0.39 is 4.92 Å². The van der Waals surface area contributed by atoms with Gasteiger partial charge >= 0.3 is 0 Å². The van der Waals surface area contributed by atoms with Gasteiger partial charge in [0.05, 0.1) is 15.8 Å². The summed E-state index contributed by atoms with van der Waals surface area (Å²) < 4.78 is 0.652. The highest BCUT2D eigenvalue weighted by atomic mass is 35.5. The number of hydrogen-bond donors (Lipinski definition) is 0. The highest BCUT2D eigenvalue weighted by Crippen LogP contribution is 2.25. The van der Waals surface area contributed by atoms with Crippen molar-refractivity contribution < 1.29 is 9.72 Å². The van der Waals surface area contributed by atoms with Gasteiger partial charge in [0.2, 0.25) is 0 Å². The number of thiophene rings is 1. The molecule has 5 nitrogen and oxygen atoms in total. The Morgan fingerprint density at radius 2 is 2.05 bits per heavy atom. The van der Waals surface area contributed by atoms with Crippen molar-refractivity contribution in [2.75, 3.05) is 6.54 Å². The van der Waals surface area contributed by atoms with Gasteiger partial charge in [-0.05, 0) is 25.1 Å². The van der Waals surface area contributed by atoms with E-state index in [0.29, 0.717) is 17.4 Å². The van der Waals surface area contributed by atoms with Crippen LogP contribution in [0.2, 0.25) is 4.34 Å². The van der Waals surface area contributed by atoms with E-state index >= 15 is 0 Å². The maximum atomic E-state index is 12.5. The quantitative estimate of drug-likeness (QED) is 0.617. The normalized spacial score (nSPS) is 10.4. The molecule has 7 heteroatoms. The predicted octanol–water partition coefficient (Wildman–Crippen LogP) is 3.97. The lowest BCUT2D eigenvalue weighted by Gasteiger charge is -2.20. The summed E-state index contributed by atoms with van der Waals surface area (Å²) in [6, 6.07) is 9.60. The molecule has 1 aromatic heterocycles. The lowest BCUT2D eigenvalue weighted by molar-refractivity contribution is -0.385. The summed E-state index contributed by atoms with van der Waals surface area (Å²) in [5.74, 6) is -0.352. The van der Waals surface area contributed by atoms with Crippen molar-refractivity contribution in [2.24, 2.45) is 0 Å². The minimum Gasteiger partial charge on any atom is -0.334 e. The molecule has 0 aliphatic rings. The van der Waals surface area contributed by atoms with Crippen LogP contribution in [0.3, 0.4) is 0 Å². The van der Waals surface area contributed by atoms with Gasteiger partial charge in [0.25, 0.3) is 11.6 Å². The van der Waals surface area contributed by atoms with E-state index in [-0.39, 0.29) is 17.2 Å².